The lowest BCUT2D eigenvalue weighted by molar-refractivity contribution is -0.138. The molecule has 1 aromatic carbocycles. The molecule has 5 heteroatoms. The Balaban J connectivity index is 1.88. The average Bonchev–Trinajstić information content (AvgIpc) is 3.28. The standard InChI is InChI=1S/C16H20N2O3/c1-10-5-3-4-6-13(10)15(20)18-11(2)14(19)16(21)17-9-12-7-8-12/h3-6,11-12H,7-9H2,1-2H3,(H,17,21)(H,18,20)/t11-/m0/s1. The quantitative estimate of drug-likeness (QED) is 0.773. The SMILES string of the molecule is Cc1ccccc1C(=O)N[C@@H](C)C(=O)C(=O)NCC1CC1. The van der Waals surface area contributed by atoms with Crippen LogP contribution in [0.25, 0.3) is 0 Å². The Kier molecular flexibility index (Phi) is 4.73. The molecule has 1 aliphatic rings. The number of hydrogen-bond acceptors (Lipinski definition) is 3. The van der Waals surface area contributed by atoms with E-state index in [1.165, 1.54) is 6.92 Å². The minimum absolute atomic E-state index is 0.344. The van der Waals surface area contributed by atoms with Crippen LogP contribution in [0.3, 0.4) is 0 Å². The number of aryl methyl sites for hydroxylation is 1. The first-order chi connectivity index (χ1) is 9.99. The van der Waals surface area contributed by atoms with Crippen molar-refractivity contribution >= 4 is 17.6 Å². The number of carbonyl (C=O) groups is 3. The van der Waals surface area contributed by atoms with Gasteiger partial charge in [-0.1, -0.05) is 18.2 Å². The minimum atomic E-state index is -0.837. The first kappa shape index (κ1) is 15.2. The second kappa shape index (κ2) is 6.52. The zero-order chi connectivity index (χ0) is 15.4. The van der Waals surface area contributed by atoms with E-state index in [1.807, 2.05) is 19.1 Å². The number of ketones is 1. The maximum Gasteiger partial charge on any atom is 0.289 e. The molecule has 2 amide bonds. The van der Waals surface area contributed by atoms with Gasteiger partial charge in [-0.15, -0.1) is 0 Å². The van der Waals surface area contributed by atoms with Crippen LogP contribution < -0.4 is 10.6 Å². The van der Waals surface area contributed by atoms with E-state index in [0.717, 1.165) is 18.4 Å². The Morgan fingerprint density at radius 3 is 2.52 bits per heavy atom. The van der Waals surface area contributed by atoms with Gasteiger partial charge >= 0.3 is 0 Å². The fraction of sp³-hybridized carbons (Fsp3) is 0.438. The molecule has 0 aromatic heterocycles. The van der Waals surface area contributed by atoms with Crippen LogP contribution in [0.15, 0.2) is 24.3 Å². The largest absolute Gasteiger partial charge is 0.349 e. The zero-order valence-corrected chi connectivity index (χ0v) is 12.3. The summed E-state index contributed by atoms with van der Waals surface area (Å²) in [7, 11) is 0. The molecular weight excluding hydrogens is 268 g/mol. The molecule has 1 fully saturated rings. The van der Waals surface area contributed by atoms with Crippen LogP contribution in [0.5, 0.6) is 0 Å². The molecule has 0 radical (unpaired) electrons. The van der Waals surface area contributed by atoms with Crippen LogP contribution in [-0.4, -0.2) is 30.2 Å². The highest BCUT2D eigenvalue weighted by Gasteiger charge is 2.26. The minimum Gasteiger partial charge on any atom is -0.349 e. The third-order valence-electron chi connectivity index (χ3n) is 3.60. The third kappa shape index (κ3) is 4.15. The molecule has 0 saturated heterocycles. The van der Waals surface area contributed by atoms with Gasteiger partial charge in [0.05, 0.1) is 6.04 Å². The predicted octanol–water partition coefficient (Wildman–Crippen LogP) is 1.21. The molecule has 0 unspecified atom stereocenters. The molecule has 112 valence electrons. The summed E-state index contributed by atoms with van der Waals surface area (Å²) in [6.07, 6.45) is 2.21. The van der Waals surface area contributed by atoms with E-state index in [2.05, 4.69) is 10.6 Å². The third-order valence-corrected chi connectivity index (χ3v) is 3.60. The Hall–Kier alpha value is -2.17. The van der Waals surface area contributed by atoms with Crippen molar-refractivity contribution in [3.63, 3.8) is 0 Å². The summed E-state index contributed by atoms with van der Waals surface area (Å²) in [6.45, 7) is 3.89. The van der Waals surface area contributed by atoms with Crippen LogP contribution >= 0.6 is 0 Å². The van der Waals surface area contributed by atoms with Gasteiger partial charge in [-0.3, -0.25) is 14.4 Å². The highest BCUT2D eigenvalue weighted by Crippen LogP contribution is 2.27. The lowest BCUT2D eigenvalue weighted by Crippen LogP contribution is -2.46. The summed E-state index contributed by atoms with van der Waals surface area (Å²) < 4.78 is 0. The number of hydrogen-bond donors (Lipinski definition) is 2. The fourth-order valence-electron chi connectivity index (χ4n) is 2.01. The van der Waals surface area contributed by atoms with Crippen molar-refractivity contribution in [2.75, 3.05) is 6.54 Å². The predicted molar refractivity (Wildman–Crippen MR) is 78.8 cm³/mol. The molecule has 0 spiro atoms. The number of Topliss-reactive ketones (excluding diaryl/α,β-unsaturated/α-hetero) is 1. The Bertz CT molecular complexity index is 564. The van der Waals surface area contributed by atoms with Crippen molar-refractivity contribution in [3.8, 4) is 0 Å². The van der Waals surface area contributed by atoms with Crippen LogP contribution in [0, 0.1) is 12.8 Å². The number of nitrogens with one attached hydrogen (secondary N) is 2. The van der Waals surface area contributed by atoms with E-state index in [9.17, 15) is 14.4 Å². The molecular formula is C16H20N2O3. The molecule has 0 bridgehead atoms. The van der Waals surface area contributed by atoms with E-state index in [1.54, 1.807) is 12.1 Å². The van der Waals surface area contributed by atoms with Crippen molar-refractivity contribution in [3.05, 3.63) is 35.4 Å². The van der Waals surface area contributed by atoms with Gasteiger partial charge in [0.15, 0.2) is 0 Å². The highest BCUT2D eigenvalue weighted by atomic mass is 16.2. The highest BCUT2D eigenvalue weighted by molar-refractivity contribution is 6.38. The Morgan fingerprint density at radius 2 is 1.90 bits per heavy atom. The topological polar surface area (TPSA) is 75.3 Å². The lowest BCUT2D eigenvalue weighted by atomic mass is 10.1. The van der Waals surface area contributed by atoms with E-state index in [0.29, 0.717) is 18.0 Å². The second-order valence-electron chi connectivity index (χ2n) is 5.53. The summed E-state index contributed by atoms with van der Waals surface area (Å²) in [5.41, 5.74) is 1.34. The summed E-state index contributed by atoms with van der Waals surface area (Å²) in [4.78, 5) is 35.7. The normalized spacial score (nSPS) is 15.1. The Morgan fingerprint density at radius 1 is 1.24 bits per heavy atom. The molecule has 21 heavy (non-hydrogen) atoms. The second-order valence-corrected chi connectivity index (χ2v) is 5.53. The zero-order valence-electron chi connectivity index (χ0n) is 12.3. The first-order valence-corrected chi connectivity index (χ1v) is 7.17. The number of rotatable bonds is 6. The van der Waals surface area contributed by atoms with Crippen LogP contribution in [-0.2, 0) is 9.59 Å². The van der Waals surface area contributed by atoms with Crippen molar-refractivity contribution in [1.82, 2.24) is 10.6 Å². The van der Waals surface area contributed by atoms with Gasteiger partial charge in [0, 0.05) is 12.1 Å². The molecule has 2 N–H and O–H groups in total. The van der Waals surface area contributed by atoms with Crippen LogP contribution in [0.1, 0.15) is 35.7 Å². The van der Waals surface area contributed by atoms with Gasteiger partial charge < -0.3 is 10.6 Å². The number of benzene rings is 1. The number of carbonyl (C=O) groups excluding carboxylic acids is 3. The van der Waals surface area contributed by atoms with Crippen LogP contribution in [0.4, 0.5) is 0 Å². The van der Waals surface area contributed by atoms with Gasteiger partial charge in [0.25, 0.3) is 11.8 Å². The molecule has 0 aliphatic heterocycles. The summed E-state index contributed by atoms with van der Waals surface area (Å²) >= 11 is 0. The average molecular weight is 288 g/mol. The maximum absolute atomic E-state index is 12.1. The monoisotopic (exact) mass is 288 g/mol. The fourth-order valence-corrected chi connectivity index (χ4v) is 2.01. The molecule has 1 aliphatic carbocycles. The Labute approximate surface area is 124 Å². The van der Waals surface area contributed by atoms with Gasteiger partial charge in [-0.25, -0.2) is 0 Å². The molecule has 1 atom stereocenters. The van der Waals surface area contributed by atoms with E-state index < -0.39 is 17.7 Å². The van der Waals surface area contributed by atoms with Gasteiger partial charge in [-0.2, -0.15) is 0 Å². The van der Waals surface area contributed by atoms with Crippen molar-refractivity contribution in [2.45, 2.75) is 32.7 Å². The summed E-state index contributed by atoms with van der Waals surface area (Å²) in [5.74, 6) is -1.07. The lowest BCUT2D eigenvalue weighted by Gasteiger charge is -2.13. The maximum atomic E-state index is 12.1. The molecule has 1 saturated carbocycles. The van der Waals surface area contributed by atoms with Crippen LogP contribution in [0.2, 0.25) is 0 Å². The van der Waals surface area contributed by atoms with Gasteiger partial charge in [0.2, 0.25) is 5.78 Å². The van der Waals surface area contributed by atoms with Gasteiger partial charge in [-0.05, 0) is 44.2 Å². The van der Waals surface area contributed by atoms with Crippen molar-refractivity contribution in [2.24, 2.45) is 5.92 Å². The summed E-state index contributed by atoms with van der Waals surface area (Å²) in [6, 6.07) is 6.28. The molecule has 0 heterocycles. The molecule has 2 rings (SSSR count). The van der Waals surface area contributed by atoms with E-state index >= 15 is 0 Å². The first-order valence-electron chi connectivity index (χ1n) is 7.17. The summed E-state index contributed by atoms with van der Waals surface area (Å²) in [5, 5.41) is 5.18. The molecule has 5 nitrogen and oxygen atoms in total. The smallest absolute Gasteiger partial charge is 0.289 e. The van der Waals surface area contributed by atoms with Gasteiger partial charge in [0.1, 0.15) is 0 Å². The van der Waals surface area contributed by atoms with E-state index in [4.69, 9.17) is 0 Å². The molecule has 1 aromatic rings. The van der Waals surface area contributed by atoms with E-state index in [-0.39, 0.29) is 5.91 Å². The number of amides is 2. The van der Waals surface area contributed by atoms with Crippen molar-refractivity contribution < 1.29 is 14.4 Å². The van der Waals surface area contributed by atoms with Crippen molar-refractivity contribution in [1.29, 1.82) is 0 Å².